The number of rotatable bonds is 2. The van der Waals surface area contributed by atoms with Crippen LogP contribution >= 0.6 is 11.6 Å². The Morgan fingerprint density at radius 1 is 0.875 bits per heavy atom. The fourth-order valence-electron chi connectivity index (χ4n) is 2.72. The second-order valence-corrected chi connectivity index (χ2v) is 5.98. The van der Waals surface area contributed by atoms with Gasteiger partial charge in [0.25, 0.3) is 11.8 Å². The van der Waals surface area contributed by atoms with Gasteiger partial charge in [-0.05, 0) is 30.3 Å². The molecule has 4 nitrogen and oxygen atoms in total. The molecule has 2 aromatic rings. The van der Waals surface area contributed by atoms with E-state index >= 15 is 0 Å². The van der Waals surface area contributed by atoms with E-state index < -0.39 is 5.82 Å². The molecule has 0 N–H and O–H groups in total. The Morgan fingerprint density at radius 2 is 1.50 bits per heavy atom. The first kappa shape index (κ1) is 16.5. The van der Waals surface area contributed by atoms with Gasteiger partial charge in [0.05, 0.1) is 10.6 Å². The summed E-state index contributed by atoms with van der Waals surface area (Å²) in [6.45, 7) is 1.66. The van der Waals surface area contributed by atoms with E-state index in [1.165, 1.54) is 18.2 Å². The van der Waals surface area contributed by atoms with E-state index in [-0.39, 0.29) is 11.8 Å². The van der Waals surface area contributed by atoms with E-state index in [0.29, 0.717) is 42.3 Å². The molecular formula is C18H16ClFN2O2. The third-order valence-electron chi connectivity index (χ3n) is 4.03. The van der Waals surface area contributed by atoms with Crippen molar-refractivity contribution in [3.05, 3.63) is 70.5 Å². The maximum atomic E-state index is 13.3. The standard InChI is InChI=1S/C18H16ClFN2O2/c19-16-7-2-1-6-15(16)18(24)22-10-8-21(9-11-22)17(23)13-4-3-5-14(20)12-13/h1-7,12H,8-11H2. The molecule has 2 aromatic carbocycles. The van der Waals surface area contributed by atoms with Crippen molar-refractivity contribution >= 4 is 23.4 Å². The Morgan fingerprint density at radius 3 is 2.12 bits per heavy atom. The lowest BCUT2D eigenvalue weighted by molar-refractivity contribution is 0.0535. The Hall–Kier alpha value is -2.40. The molecular weight excluding hydrogens is 331 g/mol. The van der Waals surface area contributed by atoms with Gasteiger partial charge in [0.15, 0.2) is 0 Å². The van der Waals surface area contributed by atoms with E-state index in [9.17, 15) is 14.0 Å². The average Bonchev–Trinajstić information content (AvgIpc) is 2.61. The Labute approximate surface area is 144 Å². The maximum absolute atomic E-state index is 13.3. The van der Waals surface area contributed by atoms with E-state index in [0.717, 1.165) is 0 Å². The third-order valence-corrected chi connectivity index (χ3v) is 4.36. The van der Waals surface area contributed by atoms with E-state index in [1.54, 1.807) is 40.1 Å². The number of nitrogens with zero attached hydrogens (tertiary/aromatic N) is 2. The van der Waals surface area contributed by atoms with Crippen LogP contribution in [0.25, 0.3) is 0 Å². The molecule has 1 aliphatic rings. The predicted molar refractivity (Wildman–Crippen MR) is 89.7 cm³/mol. The third kappa shape index (κ3) is 3.41. The molecule has 0 aliphatic carbocycles. The quantitative estimate of drug-likeness (QED) is 0.838. The van der Waals surface area contributed by atoms with Gasteiger partial charge in [-0.15, -0.1) is 0 Å². The molecule has 124 valence electrons. The predicted octanol–water partition coefficient (Wildman–Crippen LogP) is 3.08. The molecule has 1 aliphatic heterocycles. The van der Waals surface area contributed by atoms with Crippen LogP contribution in [0.1, 0.15) is 20.7 Å². The lowest BCUT2D eigenvalue weighted by Crippen LogP contribution is -2.50. The summed E-state index contributed by atoms with van der Waals surface area (Å²) >= 11 is 6.06. The van der Waals surface area contributed by atoms with Crippen molar-refractivity contribution in [3.63, 3.8) is 0 Å². The van der Waals surface area contributed by atoms with Crippen LogP contribution in [-0.2, 0) is 0 Å². The van der Waals surface area contributed by atoms with Gasteiger partial charge in [0, 0.05) is 31.7 Å². The number of halogens is 2. The molecule has 0 aromatic heterocycles. The van der Waals surface area contributed by atoms with Crippen molar-refractivity contribution in [2.75, 3.05) is 26.2 Å². The molecule has 2 amide bonds. The van der Waals surface area contributed by atoms with E-state index in [4.69, 9.17) is 11.6 Å². The first-order chi connectivity index (χ1) is 11.6. The lowest BCUT2D eigenvalue weighted by Gasteiger charge is -2.35. The van der Waals surface area contributed by atoms with Crippen molar-refractivity contribution in [2.24, 2.45) is 0 Å². The Balaban J connectivity index is 1.65. The Bertz CT molecular complexity index is 773. The molecule has 0 bridgehead atoms. The van der Waals surface area contributed by atoms with Crippen molar-refractivity contribution < 1.29 is 14.0 Å². The van der Waals surface area contributed by atoms with E-state index in [1.807, 2.05) is 0 Å². The summed E-state index contributed by atoms with van der Waals surface area (Å²) in [5, 5.41) is 0.417. The van der Waals surface area contributed by atoms with Crippen LogP contribution in [0.5, 0.6) is 0 Å². The van der Waals surface area contributed by atoms with E-state index in [2.05, 4.69) is 0 Å². The van der Waals surface area contributed by atoms with Crippen LogP contribution in [0.15, 0.2) is 48.5 Å². The second kappa shape index (κ2) is 7.01. The fourth-order valence-corrected chi connectivity index (χ4v) is 2.94. The smallest absolute Gasteiger partial charge is 0.255 e. The number of carbonyl (C=O) groups excluding carboxylic acids is 2. The van der Waals surface area contributed by atoms with Crippen LogP contribution in [0.3, 0.4) is 0 Å². The largest absolute Gasteiger partial charge is 0.335 e. The van der Waals surface area contributed by atoms with Gasteiger partial charge in [-0.25, -0.2) is 4.39 Å². The molecule has 0 atom stereocenters. The lowest BCUT2D eigenvalue weighted by atomic mass is 10.1. The minimum Gasteiger partial charge on any atom is -0.335 e. The molecule has 24 heavy (non-hydrogen) atoms. The number of piperazine rings is 1. The highest BCUT2D eigenvalue weighted by Gasteiger charge is 2.26. The normalized spacial score (nSPS) is 14.6. The van der Waals surface area contributed by atoms with Crippen molar-refractivity contribution in [3.8, 4) is 0 Å². The van der Waals surface area contributed by atoms with Crippen LogP contribution < -0.4 is 0 Å². The average molecular weight is 347 g/mol. The Kier molecular flexibility index (Phi) is 4.81. The van der Waals surface area contributed by atoms with Crippen molar-refractivity contribution in [2.45, 2.75) is 0 Å². The summed E-state index contributed by atoms with van der Waals surface area (Å²) in [4.78, 5) is 28.2. The first-order valence-corrected chi connectivity index (χ1v) is 8.03. The van der Waals surface area contributed by atoms with Gasteiger partial charge < -0.3 is 9.80 Å². The number of carbonyl (C=O) groups is 2. The van der Waals surface area contributed by atoms with Crippen LogP contribution in [0, 0.1) is 5.82 Å². The molecule has 0 unspecified atom stereocenters. The molecule has 3 rings (SSSR count). The zero-order chi connectivity index (χ0) is 17.1. The van der Waals surface area contributed by atoms with Gasteiger partial charge in [-0.2, -0.15) is 0 Å². The summed E-state index contributed by atoms with van der Waals surface area (Å²) in [6.07, 6.45) is 0. The van der Waals surface area contributed by atoms with Crippen molar-refractivity contribution in [1.82, 2.24) is 9.80 Å². The molecule has 6 heteroatoms. The minimum atomic E-state index is -0.437. The van der Waals surface area contributed by atoms with Gasteiger partial charge in [-0.3, -0.25) is 9.59 Å². The van der Waals surface area contributed by atoms with Crippen LogP contribution in [0.4, 0.5) is 4.39 Å². The zero-order valence-electron chi connectivity index (χ0n) is 12.9. The molecule has 1 saturated heterocycles. The van der Waals surface area contributed by atoms with Gasteiger partial charge in [0.2, 0.25) is 0 Å². The topological polar surface area (TPSA) is 40.6 Å². The summed E-state index contributed by atoms with van der Waals surface area (Å²) in [5.74, 6) is -0.800. The van der Waals surface area contributed by atoms with Gasteiger partial charge >= 0.3 is 0 Å². The summed E-state index contributed by atoms with van der Waals surface area (Å²) < 4.78 is 13.3. The highest BCUT2D eigenvalue weighted by molar-refractivity contribution is 6.33. The summed E-state index contributed by atoms with van der Waals surface area (Å²) in [7, 11) is 0. The SMILES string of the molecule is O=C(c1cccc(F)c1)N1CCN(C(=O)c2ccccc2Cl)CC1. The fraction of sp³-hybridized carbons (Fsp3) is 0.222. The molecule has 1 heterocycles. The van der Waals surface area contributed by atoms with Crippen LogP contribution in [0.2, 0.25) is 5.02 Å². The summed E-state index contributed by atoms with van der Waals surface area (Å²) in [5.41, 5.74) is 0.782. The highest BCUT2D eigenvalue weighted by atomic mass is 35.5. The minimum absolute atomic E-state index is 0.140. The van der Waals surface area contributed by atoms with Crippen LogP contribution in [-0.4, -0.2) is 47.8 Å². The summed E-state index contributed by atoms with van der Waals surface area (Å²) in [6, 6.07) is 12.5. The molecule has 0 saturated carbocycles. The van der Waals surface area contributed by atoms with Crippen molar-refractivity contribution in [1.29, 1.82) is 0 Å². The number of benzene rings is 2. The second-order valence-electron chi connectivity index (χ2n) is 5.57. The molecule has 0 spiro atoms. The van der Waals surface area contributed by atoms with Gasteiger partial charge in [0.1, 0.15) is 5.82 Å². The number of hydrogen-bond donors (Lipinski definition) is 0. The first-order valence-electron chi connectivity index (χ1n) is 7.65. The zero-order valence-corrected chi connectivity index (χ0v) is 13.7. The monoisotopic (exact) mass is 346 g/mol. The molecule has 0 radical (unpaired) electrons. The van der Waals surface area contributed by atoms with Gasteiger partial charge in [-0.1, -0.05) is 29.8 Å². The number of hydrogen-bond acceptors (Lipinski definition) is 2. The molecule has 1 fully saturated rings. The maximum Gasteiger partial charge on any atom is 0.255 e. The number of amides is 2. The highest BCUT2D eigenvalue weighted by Crippen LogP contribution is 2.18.